The predicted octanol–water partition coefficient (Wildman–Crippen LogP) is 2.15. The number of nitrogens with zero attached hydrogens (tertiary/aromatic N) is 2. The Morgan fingerprint density at radius 3 is 2.70 bits per heavy atom. The van der Waals surface area contributed by atoms with E-state index in [1.807, 2.05) is 19.1 Å². The maximum Gasteiger partial charge on any atom is 0.271 e. The zero-order valence-corrected chi connectivity index (χ0v) is 12.2. The van der Waals surface area contributed by atoms with Gasteiger partial charge in [0, 0.05) is 30.2 Å². The monoisotopic (exact) mass is 292 g/mol. The molecule has 1 amide bonds. The van der Waals surface area contributed by atoms with Gasteiger partial charge in [0.15, 0.2) is 0 Å². The summed E-state index contributed by atoms with van der Waals surface area (Å²) in [7, 11) is 1.72. The second-order valence-electron chi connectivity index (χ2n) is 4.67. The van der Waals surface area contributed by atoms with Crippen LogP contribution < -0.4 is 5.73 Å². The molecule has 0 spiro atoms. The van der Waals surface area contributed by atoms with Gasteiger partial charge in [-0.15, -0.1) is 0 Å². The van der Waals surface area contributed by atoms with E-state index in [0.29, 0.717) is 23.0 Å². The summed E-state index contributed by atoms with van der Waals surface area (Å²) >= 11 is 5.85. The average Bonchev–Trinajstić information content (AvgIpc) is 2.95. The molecule has 1 aromatic carbocycles. The Balaban J connectivity index is 2.20. The van der Waals surface area contributed by atoms with E-state index in [0.717, 1.165) is 5.56 Å². The average molecular weight is 293 g/mol. The zero-order chi connectivity index (χ0) is 14.7. The first-order chi connectivity index (χ1) is 9.52. The first kappa shape index (κ1) is 14.6. The molecule has 2 rings (SSSR count). The number of likely N-dealkylation sites (N-methyl/N-ethyl adjacent to an activating group) is 1. The van der Waals surface area contributed by atoms with Gasteiger partial charge in [0.05, 0.1) is 5.69 Å². The number of halogens is 1. The largest absolute Gasteiger partial charge is 0.336 e. The SMILES string of the molecule is CC(CN)N(C)C(=O)c1cc(-c2ccc(Cl)cc2)n[nH]1. The fraction of sp³-hybridized carbons (Fsp3) is 0.286. The quantitative estimate of drug-likeness (QED) is 0.906. The molecule has 3 N–H and O–H groups in total. The van der Waals surface area contributed by atoms with Crippen molar-refractivity contribution in [2.45, 2.75) is 13.0 Å². The highest BCUT2D eigenvalue weighted by molar-refractivity contribution is 6.30. The number of nitrogens with one attached hydrogen (secondary N) is 1. The van der Waals surface area contributed by atoms with Gasteiger partial charge < -0.3 is 10.6 Å². The van der Waals surface area contributed by atoms with Crippen LogP contribution in [0.3, 0.4) is 0 Å². The molecular formula is C14H17ClN4O. The number of hydrogen-bond acceptors (Lipinski definition) is 3. The summed E-state index contributed by atoms with van der Waals surface area (Å²) in [4.78, 5) is 13.8. The minimum Gasteiger partial charge on any atom is -0.336 e. The highest BCUT2D eigenvalue weighted by Gasteiger charge is 2.18. The van der Waals surface area contributed by atoms with Crippen LogP contribution in [-0.4, -0.2) is 40.6 Å². The molecule has 0 saturated heterocycles. The molecule has 5 nitrogen and oxygen atoms in total. The molecule has 2 aromatic rings. The minimum atomic E-state index is -0.129. The smallest absolute Gasteiger partial charge is 0.271 e. The van der Waals surface area contributed by atoms with Gasteiger partial charge in [-0.05, 0) is 25.1 Å². The summed E-state index contributed by atoms with van der Waals surface area (Å²) in [6.07, 6.45) is 0. The number of carbonyl (C=O) groups is 1. The Hall–Kier alpha value is -1.85. The maximum absolute atomic E-state index is 12.2. The van der Waals surface area contributed by atoms with Crippen LogP contribution in [0.2, 0.25) is 5.02 Å². The molecule has 0 bridgehead atoms. The summed E-state index contributed by atoms with van der Waals surface area (Å²) in [6, 6.07) is 9.00. The zero-order valence-electron chi connectivity index (χ0n) is 11.4. The number of aromatic amines is 1. The lowest BCUT2D eigenvalue weighted by atomic mass is 10.1. The van der Waals surface area contributed by atoms with Crippen molar-refractivity contribution in [3.05, 3.63) is 41.0 Å². The number of hydrogen-bond donors (Lipinski definition) is 2. The van der Waals surface area contributed by atoms with Crippen molar-refractivity contribution in [3.8, 4) is 11.3 Å². The molecule has 0 aliphatic rings. The van der Waals surface area contributed by atoms with E-state index in [4.69, 9.17) is 17.3 Å². The van der Waals surface area contributed by atoms with Crippen molar-refractivity contribution >= 4 is 17.5 Å². The Morgan fingerprint density at radius 1 is 1.45 bits per heavy atom. The lowest BCUT2D eigenvalue weighted by Gasteiger charge is -2.22. The highest BCUT2D eigenvalue weighted by Crippen LogP contribution is 2.20. The van der Waals surface area contributed by atoms with Crippen LogP contribution in [0.4, 0.5) is 0 Å². The number of rotatable bonds is 4. The fourth-order valence-electron chi connectivity index (χ4n) is 1.75. The van der Waals surface area contributed by atoms with Gasteiger partial charge in [0.2, 0.25) is 0 Å². The first-order valence-electron chi connectivity index (χ1n) is 6.31. The van der Waals surface area contributed by atoms with E-state index in [-0.39, 0.29) is 11.9 Å². The number of nitrogens with two attached hydrogens (primary N) is 1. The molecule has 0 aliphatic carbocycles. The summed E-state index contributed by atoms with van der Waals surface area (Å²) in [5, 5.41) is 7.59. The molecule has 1 aromatic heterocycles. The van der Waals surface area contributed by atoms with Crippen molar-refractivity contribution in [3.63, 3.8) is 0 Å². The van der Waals surface area contributed by atoms with Crippen molar-refractivity contribution in [2.24, 2.45) is 5.73 Å². The van der Waals surface area contributed by atoms with Crippen LogP contribution in [0.1, 0.15) is 17.4 Å². The van der Waals surface area contributed by atoms with Gasteiger partial charge in [0.25, 0.3) is 5.91 Å². The summed E-state index contributed by atoms with van der Waals surface area (Å²) < 4.78 is 0. The van der Waals surface area contributed by atoms with Crippen molar-refractivity contribution in [1.82, 2.24) is 15.1 Å². The molecule has 0 radical (unpaired) electrons. The lowest BCUT2D eigenvalue weighted by Crippen LogP contribution is -2.39. The molecule has 6 heteroatoms. The number of carbonyl (C=O) groups excluding carboxylic acids is 1. The highest BCUT2D eigenvalue weighted by atomic mass is 35.5. The number of H-pyrrole nitrogens is 1. The Kier molecular flexibility index (Phi) is 4.42. The molecule has 0 fully saturated rings. The minimum absolute atomic E-state index is 0.0234. The van der Waals surface area contributed by atoms with Crippen LogP contribution in [-0.2, 0) is 0 Å². The molecule has 0 aliphatic heterocycles. The van der Waals surface area contributed by atoms with Gasteiger partial charge >= 0.3 is 0 Å². The van der Waals surface area contributed by atoms with Gasteiger partial charge in [-0.2, -0.15) is 5.10 Å². The second-order valence-corrected chi connectivity index (χ2v) is 5.11. The van der Waals surface area contributed by atoms with Crippen LogP contribution in [0, 0.1) is 0 Å². The van der Waals surface area contributed by atoms with Crippen LogP contribution >= 0.6 is 11.6 Å². The Labute approximate surface area is 122 Å². The van der Waals surface area contributed by atoms with Crippen LogP contribution in [0.25, 0.3) is 11.3 Å². The first-order valence-corrected chi connectivity index (χ1v) is 6.69. The van der Waals surface area contributed by atoms with E-state index in [1.54, 1.807) is 30.1 Å². The van der Waals surface area contributed by atoms with Crippen molar-refractivity contribution in [2.75, 3.05) is 13.6 Å². The topological polar surface area (TPSA) is 75.0 Å². The summed E-state index contributed by atoms with van der Waals surface area (Å²) in [6.45, 7) is 2.31. The van der Waals surface area contributed by atoms with Gasteiger partial charge in [0.1, 0.15) is 5.69 Å². The third kappa shape index (κ3) is 3.00. The second kappa shape index (κ2) is 6.07. The summed E-state index contributed by atoms with van der Waals surface area (Å²) in [5.74, 6) is -0.129. The van der Waals surface area contributed by atoms with E-state index in [1.165, 1.54) is 0 Å². The van der Waals surface area contributed by atoms with Gasteiger partial charge in [-0.1, -0.05) is 23.7 Å². The normalized spacial score (nSPS) is 12.2. The number of amides is 1. The van der Waals surface area contributed by atoms with Crippen LogP contribution in [0.5, 0.6) is 0 Å². The molecule has 1 heterocycles. The lowest BCUT2D eigenvalue weighted by molar-refractivity contribution is 0.0742. The molecule has 20 heavy (non-hydrogen) atoms. The third-order valence-corrected chi connectivity index (χ3v) is 3.52. The number of aromatic nitrogens is 2. The van der Waals surface area contributed by atoms with Crippen molar-refractivity contribution < 1.29 is 4.79 Å². The molecule has 106 valence electrons. The van der Waals surface area contributed by atoms with Crippen molar-refractivity contribution in [1.29, 1.82) is 0 Å². The van der Waals surface area contributed by atoms with E-state index in [9.17, 15) is 4.79 Å². The molecule has 0 saturated carbocycles. The molecular weight excluding hydrogens is 276 g/mol. The molecule has 1 unspecified atom stereocenters. The standard InChI is InChI=1S/C14H17ClN4O/c1-9(8-16)19(2)14(20)13-7-12(17-18-13)10-3-5-11(15)6-4-10/h3-7,9H,8,16H2,1-2H3,(H,17,18). The number of benzene rings is 1. The maximum atomic E-state index is 12.2. The van der Waals surface area contributed by atoms with E-state index in [2.05, 4.69) is 10.2 Å². The predicted molar refractivity (Wildman–Crippen MR) is 79.6 cm³/mol. The van der Waals surface area contributed by atoms with Gasteiger partial charge in [-0.25, -0.2) is 0 Å². The summed E-state index contributed by atoms with van der Waals surface area (Å²) in [5.41, 5.74) is 7.62. The Morgan fingerprint density at radius 2 is 2.10 bits per heavy atom. The fourth-order valence-corrected chi connectivity index (χ4v) is 1.87. The van der Waals surface area contributed by atoms with Crippen LogP contribution in [0.15, 0.2) is 30.3 Å². The van der Waals surface area contributed by atoms with E-state index >= 15 is 0 Å². The van der Waals surface area contributed by atoms with Gasteiger partial charge in [-0.3, -0.25) is 9.89 Å². The Bertz CT molecular complexity index is 593. The third-order valence-electron chi connectivity index (χ3n) is 3.27. The van der Waals surface area contributed by atoms with E-state index < -0.39 is 0 Å². The molecule has 1 atom stereocenters.